The summed E-state index contributed by atoms with van der Waals surface area (Å²) in [7, 11) is 0. The second-order valence-electron chi connectivity index (χ2n) is 5.16. The molecule has 0 heterocycles. The molecule has 1 N–H and O–H groups in total. The van der Waals surface area contributed by atoms with Crippen LogP contribution in [0, 0.1) is 11.7 Å². The number of halogens is 1. The summed E-state index contributed by atoms with van der Waals surface area (Å²) in [6, 6.07) is 6.04. The minimum atomic E-state index is -0.119. The topological polar surface area (TPSA) is 12.0 Å². The summed E-state index contributed by atoms with van der Waals surface area (Å²) in [5.74, 6) is 1.56. The Hall–Kier alpha value is -0.540. The maximum absolute atomic E-state index is 13.5. The standard InChI is InChI=1S/C14H20FNS/c1-10(2)9-17-14-6-11(5-12(15)7-14)8-16-13-3-4-13/h5-7,10,13,16H,3-4,8-9H2,1-2H3. The van der Waals surface area contributed by atoms with E-state index in [1.807, 2.05) is 0 Å². The average Bonchev–Trinajstić information content (AvgIpc) is 3.07. The molecule has 0 atom stereocenters. The van der Waals surface area contributed by atoms with Crippen molar-refractivity contribution < 1.29 is 4.39 Å². The molecule has 3 heteroatoms. The van der Waals surface area contributed by atoms with Crippen LogP contribution >= 0.6 is 11.8 Å². The van der Waals surface area contributed by atoms with Crippen LogP contribution in [0.5, 0.6) is 0 Å². The molecule has 0 saturated heterocycles. The van der Waals surface area contributed by atoms with E-state index in [1.165, 1.54) is 12.8 Å². The number of hydrogen-bond donors (Lipinski definition) is 1. The van der Waals surface area contributed by atoms with E-state index < -0.39 is 0 Å². The number of thioether (sulfide) groups is 1. The smallest absolute Gasteiger partial charge is 0.124 e. The molecule has 0 bridgehead atoms. The van der Waals surface area contributed by atoms with Gasteiger partial charge in [0.2, 0.25) is 0 Å². The number of rotatable bonds is 6. The van der Waals surface area contributed by atoms with Gasteiger partial charge in [-0.05, 0) is 42.5 Å². The van der Waals surface area contributed by atoms with Crippen molar-refractivity contribution in [2.24, 2.45) is 5.92 Å². The Morgan fingerprint density at radius 3 is 2.76 bits per heavy atom. The molecule has 0 amide bonds. The van der Waals surface area contributed by atoms with Crippen molar-refractivity contribution in [3.8, 4) is 0 Å². The number of benzene rings is 1. The van der Waals surface area contributed by atoms with Crippen LogP contribution in [-0.2, 0) is 6.54 Å². The highest BCUT2D eigenvalue weighted by atomic mass is 32.2. The second kappa shape index (κ2) is 5.87. The monoisotopic (exact) mass is 253 g/mol. The van der Waals surface area contributed by atoms with E-state index in [0.29, 0.717) is 12.0 Å². The highest BCUT2D eigenvalue weighted by molar-refractivity contribution is 7.99. The van der Waals surface area contributed by atoms with E-state index in [9.17, 15) is 4.39 Å². The van der Waals surface area contributed by atoms with Gasteiger partial charge in [-0.2, -0.15) is 0 Å². The van der Waals surface area contributed by atoms with Crippen LogP contribution in [0.15, 0.2) is 23.1 Å². The quantitative estimate of drug-likeness (QED) is 0.773. The van der Waals surface area contributed by atoms with E-state index in [4.69, 9.17) is 0 Å². The molecule has 94 valence electrons. The molecule has 1 fully saturated rings. The number of hydrogen-bond acceptors (Lipinski definition) is 2. The third-order valence-electron chi connectivity index (χ3n) is 2.69. The van der Waals surface area contributed by atoms with Gasteiger partial charge in [-0.25, -0.2) is 4.39 Å². The predicted molar refractivity (Wildman–Crippen MR) is 71.8 cm³/mol. The van der Waals surface area contributed by atoms with Crippen molar-refractivity contribution >= 4 is 11.8 Å². The SMILES string of the molecule is CC(C)CSc1cc(F)cc(CNC2CC2)c1. The minimum absolute atomic E-state index is 0.119. The first kappa shape index (κ1) is 12.9. The van der Waals surface area contributed by atoms with Gasteiger partial charge in [-0.1, -0.05) is 13.8 Å². The summed E-state index contributed by atoms with van der Waals surface area (Å²) >= 11 is 1.74. The Kier molecular flexibility index (Phi) is 4.46. The van der Waals surface area contributed by atoms with Crippen molar-refractivity contribution in [2.75, 3.05) is 5.75 Å². The third kappa shape index (κ3) is 4.68. The van der Waals surface area contributed by atoms with Crippen LogP contribution < -0.4 is 5.32 Å². The lowest BCUT2D eigenvalue weighted by Crippen LogP contribution is -2.15. The molecule has 17 heavy (non-hydrogen) atoms. The predicted octanol–water partition coefficient (Wildman–Crippen LogP) is 3.83. The second-order valence-corrected chi connectivity index (χ2v) is 6.25. The zero-order valence-electron chi connectivity index (χ0n) is 10.5. The molecule has 1 aliphatic carbocycles. The van der Waals surface area contributed by atoms with E-state index in [1.54, 1.807) is 23.9 Å². The van der Waals surface area contributed by atoms with E-state index in [2.05, 4.69) is 25.2 Å². The van der Waals surface area contributed by atoms with Crippen LogP contribution in [0.1, 0.15) is 32.3 Å². The summed E-state index contributed by atoms with van der Waals surface area (Å²) in [6.07, 6.45) is 2.54. The Balaban J connectivity index is 1.94. The summed E-state index contributed by atoms with van der Waals surface area (Å²) in [5.41, 5.74) is 1.06. The van der Waals surface area contributed by atoms with Gasteiger partial charge in [0.15, 0.2) is 0 Å². The average molecular weight is 253 g/mol. The molecule has 2 rings (SSSR count). The van der Waals surface area contributed by atoms with Crippen molar-refractivity contribution in [3.63, 3.8) is 0 Å². The maximum Gasteiger partial charge on any atom is 0.124 e. The van der Waals surface area contributed by atoms with Crippen LogP contribution in [0.3, 0.4) is 0 Å². The van der Waals surface area contributed by atoms with E-state index >= 15 is 0 Å². The summed E-state index contributed by atoms with van der Waals surface area (Å²) in [5, 5.41) is 3.42. The highest BCUT2D eigenvalue weighted by Gasteiger charge is 2.20. The van der Waals surface area contributed by atoms with E-state index in [0.717, 1.165) is 22.8 Å². The van der Waals surface area contributed by atoms with Crippen molar-refractivity contribution in [1.82, 2.24) is 5.32 Å². The van der Waals surface area contributed by atoms with Gasteiger partial charge in [-0.3, -0.25) is 0 Å². The molecule has 0 spiro atoms. The Bertz CT molecular complexity index is 350. The van der Waals surface area contributed by atoms with Gasteiger partial charge in [0, 0.05) is 23.2 Å². The lowest BCUT2D eigenvalue weighted by Gasteiger charge is -2.08. The molecule has 0 radical (unpaired) electrons. The highest BCUT2D eigenvalue weighted by Crippen LogP contribution is 2.24. The molecule has 0 unspecified atom stereocenters. The van der Waals surface area contributed by atoms with Crippen LogP contribution in [0.2, 0.25) is 0 Å². The fourth-order valence-corrected chi connectivity index (χ4v) is 2.58. The normalized spacial score (nSPS) is 15.5. The molecule has 1 nitrogen and oxygen atoms in total. The molecule has 0 aliphatic heterocycles. The van der Waals surface area contributed by atoms with Gasteiger partial charge >= 0.3 is 0 Å². The molecular formula is C14H20FNS. The maximum atomic E-state index is 13.5. The van der Waals surface area contributed by atoms with Crippen molar-refractivity contribution in [2.45, 2.75) is 44.2 Å². The zero-order valence-corrected chi connectivity index (χ0v) is 11.3. The molecular weight excluding hydrogens is 233 g/mol. The first-order valence-electron chi connectivity index (χ1n) is 6.29. The molecule has 1 aliphatic rings. The van der Waals surface area contributed by atoms with Gasteiger partial charge in [0.05, 0.1) is 0 Å². The lowest BCUT2D eigenvalue weighted by atomic mass is 10.2. The Morgan fingerprint density at radius 1 is 1.35 bits per heavy atom. The van der Waals surface area contributed by atoms with Gasteiger partial charge in [0.1, 0.15) is 5.82 Å². The Labute approximate surface area is 107 Å². The third-order valence-corrected chi connectivity index (χ3v) is 4.09. The van der Waals surface area contributed by atoms with E-state index in [-0.39, 0.29) is 5.82 Å². The van der Waals surface area contributed by atoms with Crippen LogP contribution in [0.4, 0.5) is 4.39 Å². The molecule has 1 saturated carbocycles. The molecule has 0 aromatic heterocycles. The first-order chi connectivity index (χ1) is 8.13. The van der Waals surface area contributed by atoms with Gasteiger partial charge in [0.25, 0.3) is 0 Å². The summed E-state index contributed by atoms with van der Waals surface area (Å²) in [6.45, 7) is 5.15. The fourth-order valence-electron chi connectivity index (χ4n) is 1.62. The minimum Gasteiger partial charge on any atom is -0.310 e. The zero-order chi connectivity index (χ0) is 12.3. The fraction of sp³-hybridized carbons (Fsp3) is 0.571. The Morgan fingerprint density at radius 2 is 2.12 bits per heavy atom. The molecule has 1 aromatic carbocycles. The van der Waals surface area contributed by atoms with Gasteiger partial charge < -0.3 is 5.32 Å². The number of nitrogens with one attached hydrogen (secondary N) is 1. The largest absolute Gasteiger partial charge is 0.310 e. The lowest BCUT2D eigenvalue weighted by molar-refractivity contribution is 0.615. The van der Waals surface area contributed by atoms with Crippen molar-refractivity contribution in [3.05, 3.63) is 29.6 Å². The summed E-state index contributed by atoms with van der Waals surface area (Å²) < 4.78 is 13.5. The van der Waals surface area contributed by atoms with Crippen LogP contribution in [0.25, 0.3) is 0 Å². The molecule has 1 aromatic rings. The van der Waals surface area contributed by atoms with Gasteiger partial charge in [-0.15, -0.1) is 11.8 Å². The first-order valence-corrected chi connectivity index (χ1v) is 7.27. The van der Waals surface area contributed by atoms with Crippen molar-refractivity contribution in [1.29, 1.82) is 0 Å². The van der Waals surface area contributed by atoms with Crippen LogP contribution in [-0.4, -0.2) is 11.8 Å². The summed E-state index contributed by atoms with van der Waals surface area (Å²) in [4.78, 5) is 1.05.